The van der Waals surface area contributed by atoms with Gasteiger partial charge in [0.05, 0.1) is 4.70 Å². The first-order valence-electron chi connectivity index (χ1n) is 3.74. The van der Waals surface area contributed by atoms with E-state index in [4.69, 9.17) is 5.11 Å². The lowest BCUT2D eigenvalue weighted by molar-refractivity contribution is 0.0702. The lowest BCUT2D eigenvalue weighted by Gasteiger charge is -1.94. The van der Waals surface area contributed by atoms with Crippen LogP contribution in [0.2, 0.25) is 0 Å². The number of hydrogen-bond acceptors (Lipinski definition) is 3. The van der Waals surface area contributed by atoms with Gasteiger partial charge in [0.25, 0.3) is 0 Å². The number of thiol groups is 1. The molecule has 0 aliphatic heterocycles. The summed E-state index contributed by atoms with van der Waals surface area (Å²) in [4.78, 5) is 11.0. The number of carboxylic acid groups (broad SMARTS) is 1. The molecule has 72 valence electrons. The summed E-state index contributed by atoms with van der Waals surface area (Å²) in [5, 5.41) is 9.31. The van der Waals surface area contributed by atoms with Gasteiger partial charge in [0.2, 0.25) is 0 Å². The van der Waals surface area contributed by atoms with Gasteiger partial charge in [-0.2, -0.15) is 0 Å². The van der Waals surface area contributed by atoms with E-state index in [0.717, 1.165) is 11.3 Å². The van der Waals surface area contributed by atoms with Crippen molar-refractivity contribution in [1.29, 1.82) is 0 Å². The maximum atomic E-state index is 13.4. The van der Waals surface area contributed by atoms with Gasteiger partial charge in [-0.05, 0) is 17.5 Å². The second-order valence-electron chi connectivity index (χ2n) is 2.73. The van der Waals surface area contributed by atoms with Crippen LogP contribution in [0.25, 0.3) is 10.1 Å². The molecule has 0 unspecified atom stereocenters. The zero-order valence-corrected chi connectivity index (χ0v) is 8.53. The lowest BCUT2D eigenvalue weighted by Crippen LogP contribution is -1.89. The molecule has 0 bridgehead atoms. The van der Waals surface area contributed by atoms with Crippen LogP contribution in [0.3, 0.4) is 0 Å². The fraction of sp³-hybridized carbons (Fsp3) is 0. The van der Waals surface area contributed by atoms with E-state index in [9.17, 15) is 9.18 Å². The molecule has 2 rings (SSSR count). The molecule has 1 N–H and O–H groups in total. The van der Waals surface area contributed by atoms with E-state index in [0.29, 0.717) is 10.1 Å². The molecule has 1 aromatic carbocycles. The van der Waals surface area contributed by atoms with Crippen LogP contribution in [0.15, 0.2) is 23.1 Å². The Bertz CT molecular complexity index is 519. The Morgan fingerprint density at radius 1 is 1.50 bits per heavy atom. The van der Waals surface area contributed by atoms with Crippen molar-refractivity contribution in [1.82, 2.24) is 0 Å². The molecule has 1 heterocycles. The third-order valence-corrected chi connectivity index (χ3v) is 3.29. The van der Waals surface area contributed by atoms with Crippen LogP contribution in [0.5, 0.6) is 0 Å². The molecule has 0 aliphatic rings. The van der Waals surface area contributed by atoms with Crippen molar-refractivity contribution in [3.63, 3.8) is 0 Å². The molecule has 0 amide bonds. The number of carbonyl (C=O) groups is 1. The fourth-order valence-electron chi connectivity index (χ4n) is 1.16. The third-order valence-electron chi connectivity index (χ3n) is 1.82. The highest BCUT2D eigenvalue weighted by atomic mass is 32.1. The summed E-state index contributed by atoms with van der Waals surface area (Å²) in [6.07, 6.45) is 0. The maximum absolute atomic E-state index is 13.4. The summed E-state index contributed by atoms with van der Waals surface area (Å²) < 4.78 is 13.8. The van der Waals surface area contributed by atoms with E-state index in [1.807, 2.05) is 0 Å². The Morgan fingerprint density at radius 2 is 2.21 bits per heavy atom. The molecule has 1 aromatic heterocycles. The quantitative estimate of drug-likeness (QED) is 0.736. The van der Waals surface area contributed by atoms with Crippen LogP contribution in [0.4, 0.5) is 4.39 Å². The SMILES string of the molecule is O=C(O)c1cc2ccc(S)c(F)c2s1. The Hall–Kier alpha value is -1.07. The molecule has 0 atom stereocenters. The van der Waals surface area contributed by atoms with E-state index in [2.05, 4.69) is 12.6 Å². The molecular weight excluding hydrogens is 223 g/mol. The van der Waals surface area contributed by atoms with Crippen LogP contribution in [0, 0.1) is 5.82 Å². The fourth-order valence-corrected chi connectivity index (χ4v) is 2.36. The highest BCUT2D eigenvalue weighted by Crippen LogP contribution is 2.30. The second-order valence-corrected chi connectivity index (χ2v) is 4.27. The predicted octanol–water partition coefficient (Wildman–Crippen LogP) is 3.03. The van der Waals surface area contributed by atoms with E-state index < -0.39 is 11.8 Å². The summed E-state index contributed by atoms with van der Waals surface area (Å²) in [5.41, 5.74) is 0. The molecule has 2 aromatic rings. The highest BCUT2D eigenvalue weighted by Gasteiger charge is 2.12. The molecule has 0 saturated heterocycles. The number of thiophene rings is 1. The first kappa shape index (κ1) is 9.48. The number of halogens is 1. The normalized spacial score (nSPS) is 10.7. The predicted molar refractivity (Wildman–Crippen MR) is 56.0 cm³/mol. The van der Waals surface area contributed by atoms with Crippen molar-refractivity contribution >= 4 is 40.0 Å². The third kappa shape index (κ3) is 1.38. The van der Waals surface area contributed by atoms with E-state index in [1.165, 1.54) is 12.1 Å². The van der Waals surface area contributed by atoms with Gasteiger partial charge in [0.15, 0.2) is 5.82 Å². The van der Waals surface area contributed by atoms with Crippen molar-refractivity contribution in [2.45, 2.75) is 4.90 Å². The van der Waals surface area contributed by atoms with Crippen LogP contribution in [0.1, 0.15) is 9.67 Å². The van der Waals surface area contributed by atoms with Gasteiger partial charge in [-0.15, -0.1) is 24.0 Å². The van der Waals surface area contributed by atoms with E-state index in [-0.39, 0.29) is 9.77 Å². The number of hydrogen-bond donors (Lipinski definition) is 2. The Balaban J connectivity index is 2.77. The summed E-state index contributed by atoms with van der Waals surface area (Å²) in [6, 6.07) is 4.63. The van der Waals surface area contributed by atoms with Crippen LogP contribution < -0.4 is 0 Å². The number of carboxylic acids is 1. The zero-order chi connectivity index (χ0) is 10.3. The summed E-state index contributed by atoms with van der Waals surface area (Å²) in [5.74, 6) is -1.49. The molecule has 5 heteroatoms. The minimum absolute atomic E-state index is 0.137. The molecule has 0 fully saturated rings. The standard InChI is InChI=1S/C9H5FO2S2/c10-7-5(13)2-1-4-3-6(9(11)12)14-8(4)7/h1-3,13H,(H,11,12). The second kappa shape index (κ2) is 3.25. The molecule has 0 aliphatic carbocycles. The first-order valence-corrected chi connectivity index (χ1v) is 5.00. The average molecular weight is 228 g/mol. The largest absolute Gasteiger partial charge is 0.477 e. The highest BCUT2D eigenvalue weighted by molar-refractivity contribution is 7.80. The van der Waals surface area contributed by atoms with Gasteiger partial charge in [-0.25, -0.2) is 9.18 Å². The first-order chi connectivity index (χ1) is 6.59. The van der Waals surface area contributed by atoms with Gasteiger partial charge in [0, 0.05) is 4.90 Å². The van der Waals surface area contributed by atoms with E-state index >= 15 is 0 Å². The molecule has 14 heavy (non-hydrogen) atoms. The summed E-state index contributed by atoms with van der Waals surface area (Å²) in [7, 11) is 0. The molecular formula is C9H5FO2S2. The molecule has 2 nitrogen and oxygen atoms in total. The smallest absolute Gasteiger partial charge is 0.345 e. The van der Waals surface area contributed by atoms with E-state index in [1.54, 1.807) is 6.07 Å². The van der Waals surface area contributed by atoms with Crippen molar-refractivity contribution in [3.05, 3.63) is 28.9 Å². The van der Waals surface area contributed by atoms with Gasteiger partial charge in [-0.1, -0.05) is 6.07 Å². The van der Waals surface area contributed by atoms with Gasteiger partial charge in [-0.3, -0.25) is 0 Å². The Labute approximate surface area is 88.4 Å². The van der Waals surface area contributed by atoms with Gasteiger partial charge < -0.3 is 5.11 Å². The van der Waals surface area contributed by atoms with Crippen molar-refractivity contribution < 1.29 is 14.3 Å². The van der Waals surface area contributed by atoms with Crippen LogP contribution in [-0.2, 0) is 0 Å². The van der Waals surface area contributed by atoms with Gasteiger partial charge >= 0.3 is 5.97 Å². The minimum Gasteiger partial charge on any atom is -0.477 e. The van der Waals surface area contributed by atoms with Crippen molar-refractivity contribution in [3.8, 4) is 0 Å². The number of rotatable bonds is 1. The topological polar surface area (TPSA) is 37.3 Å². The van der Waals surface area contributed by atoms with Crippen molar-refractivity contribution in [2.24, 2.45) is 0 Å². The molecule has 0 saturated carbocycles. The number of fused-ring (bicyclic) bond motifs is 1. The van der Waals surface area contributed by atoms with Crippen LogP contribution in [-0.4, -0.2) is 11.1 Å². The minimum atomic E-state index is -1.04. The number of benzene rings is 1. The lowest BCUT2D eigenvalue weighted by atomic mass is 10.2. The van der Waals surface area contributed by atoms with Gasteiger partial charge in [0.1, 0.15) is 4.88 Å². The Morgan fingerprint density at radius 3 is 2.86 bits per heavy atom. The average Bonchev–Trinajstić information content (AvgIpc) is 2.56. The molecule has 0 radical (unpaired) electrons. The Kier molecular flexibility index (Phi) is 2.20. The van der Waals surface area contributed by atoms with Crippen LogP contribution >= 0.6 is 24.0 Å². The monoisotopic (exact) mass is 228 g/mol. The molecule has 0 spiro atoms. The maximum Gasteiger partial charge on any atom is 0.345 e. The zero-order valence-electron chi connectivity index (χ0n) is 6.82. The number of aromatic carboxylic acids is 1. The summed E-state index contributed by atoms with van der Waals surface area (Å²) in [6.45, 7) is 0. The van der Waals surface area contributed by atoms with Crippen molar-refractivity contribution in [2.75, 3.05) is 0 Å². The summed E-state index contributed by atoms with van der Waals surface area (Å²) >= 11 is 4.84.